The summed E-state index contributed by atoms with van der Waals surface area (Å²) in [5.41, 5.74) is -0.223. The molecule has 0 N–H and O–H groups in total. The molecule has 2 fully saturated rings. The summed E-state index contributed by atoms with van der Waals surface area (Å²) in [5, 5.41) is 0. The molecular weight excluding hydrogens is 212 g/mol. The molecular formula is C15H26O2. The third kappa shape index (κ3) is 2.23. The largest absolute Gasteiger partial charge is 0.459 e. The molecule has 0 aliphatic heterocycles. The van der Waals surface area contributed by atoms with Crippen LogP contribution in [-0.2, 0) is 9.53 Å². The second-order valence-electron chi connectivity index (χ2n) is 6.14. The number of carbonyl (C=O) groups excluding carboxylic acids is 1. The molecule has 2 rings (SSSR count). The van der Waals surface area contributed by atoms with Crippen molar-refractivity contribution in [1.82, 2.24) is 0 Å². The van der Waals surface area contributed by atoms with E-state index in [9.17, 15) is 4.79 Å². The van der Waals surface area contributed by atoms with Crippen molar-refractivity contribution >= 4 is 5.97 Å². The van der Waals surface area contributed by atoms with Gasteiger partial charge < -0.3 is 4.74 Å². The van der Waals surface area contributed by atoms with E-state index >= 15 is 0 Å². The minimum absolute atomic E-state index is 0.107. The van der Waals surface area contributed by atoms with E-state index in [4.69, 9.17) is 4.74 Å². The van der Waals surface area contributed by atoms with Crippen LogP contribution in [0.3, 0.4) is 0 Å². The van der Waals surface area contributed by atoms with Crippen LogP contribution in [0.15, 0.2) is 0 Å². The van der Waals surface area contributed by atoms with Gasteiger partial charge in [-0.1, -0.05) is 27.2 Å². The molecule has 0 amide bonds. The van der Waals surface area contributed by atoms with E-state index in [-0.39, 0.29) is 17.0 Å². The monoisotopic (exact) mass is 238 g/mol. The van der Waals surface area contributed by atoms with Crippen molar-refractivity contribution in [2.75, 3.05) is 0 Å². The van der Waals surface area contributed by atoms with Gasteiger partial charge in [0.25, 0.3) is 0 Å². The maximum atomic E-state index is 12.4. The molecule has 0 aromatic carbocycles. The maximum Gasteiger partial charge on any atom is 0.312 e. The van der Waals surface area contributed by atoms with Crippen LogP contribution in [0.25, 0.3) is 0 Å². The molecule has 2 atom stereocenters. The summed E-state index contributed by atoms with van der Waals surface area (Å²) in [4.78, 5) is 12.4. The van der Waals surface area contributed by atoms with Gasteiger partial charge in [-0.25, -0.2) is 0 Å². The fourth-order valence-electron chi connectivity index (χ4n) is 3.51. The number of hydrogen-bond donors (Lipinski definition) is 0. The molecule has 0 saturated heterocycles. The minimum Gasteiger partial charge on any atom is -0.459 e. The number of hydrogen-bond acceptors (Lipinski definition) is 2. The fourth-order valence-corrected chi connectivity index (χ4v) is 3.51. The first kappa shape index (κ1) is 12.9. The molecule has 0 radical (unpaired) electrons. The smallest absolute Gasteiger partial charge is 0.312 e. The molecule has 0 heterocycles. The third-order valence-corrected chi connectivity index (χ3v) is 5.02. The average Bonchev–Trinajstić information content (AvgIpc) is 2.78. The Labute approximate surface area is 105 Å². The number of carbonyl (C=O) groups is 1. The molecule has 2 unspecified atom stereocenters. The van der Waals surface area contributed by atoms with Crippen LogP contribution in [0.5, 0.6) is 0 Å². The maximum absolute atomic E-state index is 12.4. The molecule has 0 aromatic heterocycles. The van der Waals surface area contributed by atoms with Crippen LogP contribution in [0, 0.1) is 11.3 Å². The Bertz CT molecular complexity index is 291. The van der Waals surface area contributed by atoms with Gasteiger partial charge in [0, 0.05) is 0 Å². The fraction of sp³-hybridized carbons (Fsp3) is 0.933. The molecule has 2 aliphatic rings. The molecule has 17 heavy (non-hydrogen) atoms. The van der Waals surface area contributed by atoms with Crippen LogP contribution in [0.4, 0.5) is 0 Å². The van der Waals surface area contributed by atoms with Crippen molar-refractivity contribution in [3.05, 3.63) is 0 Å². The van der Waals surface area contributed by atoms with Crippen molar-refractivity contribution in [2.45, 2.75) is 77.7 Å². The molecule has 0 spiro atoms. The van der Waals surface area contributed by atoms with Crippen molar-refractivity contribution in [1.29, 1.82) is 0 Å². The standard InChI is InChI=1S/C15H26O2/c1-4-8-15(11-12(15)3)13(16)17-14(5-2)9-6-7-10-14/h12H,4-11H2,1-3H3. The molecule has 98 valence electrons. The first-order valence-corrected chi connectivity index (χ1v) is 7.32. The molecule has 2 saturated carbocycles. The van der Waals surface area contributed by atoms with Gasteiger partial charge in [0.1, 0.15) is 5.60 Å². The van der Waals surface area contributed by atoms with E-state index in [1.165, 1.54) is 12.8 Å². The van der Waals surface area contributed by atoms with E-state index in [2.05, 4.69) is 20.8 Å². The molecule has 2 nitrogen and oxygen atoms in total. The lowest BCUT2D eigenvalue weighted by atomic mass is 9.95. The number of rotatable bonds is 5. The predicted molar refractivity (Wildman–Crippen MR) is 68.7 cm³/mol. The van der Waals surface area contributed by atoms with E-state index in [0.29, 0.717) is 5.92 Å². The Morgan fingerprint density at radius 1 is 1.29 bits per heavy atom. The lowest BCUT2D eigenvalue weighted by Crippen LogP contribution is -2.35. The van der Waals surface area contributed by atoms with Gasteiger partial charge in [-0.15, -0.1) is 0 Å². The van der Waals surface area contributed by atoms with Crippen LogP contribution < -0.4 is 0 Å². The summed E-state index contributed by atoms with van der Waals surface area (Å²) in [6.07, 6.45) is 8.70. The highest BCUT2D eigenvalue weighted by atomic mass is 16.6. The Hall–Kier alpha value is -0.530. The Balaban J connectivity index is 2.01. The van der Waals surface area contributed by atoms with E-state index in [1.807, 2.05) is 0 Å². The minimum atomic E-state index is -0.112. The topological polar surface area (TPSA) is 26.3 Å². The second kappa shape index (κ2) is 4.62. The van der Waals surface area contributed by atoms with Crippen molar-refractivity contribution in [3.63, 3.8) is 0 Å². The number of esters is 1. The van der Waals surface area contributed by atoms with Gasteiger partial charge in [0.2, 0.25) is 0 Å². The van der Waals surface area contributed by atoms with Crippen molar-refractivity contribution in [3.8, 4) is 0 Å². The molecule has 0 aromatic rings. The van der Waals surface area contributed by atoms with Gasteiger partial charge >= 0.3 is 5.97 Å². The summed E-state index contributed by atoms with van der Waals surface area (Å²) in [6.45, 7) is 6.50. The van der Waals surface area contributed by atoms with Gasteiger partial charge in [-0.3, -0.25) is 4.79 Å². The summed E-state index contributed by atoms with van der Waals surface area (Å²) >= 11 is 0. The zero-order chi connectivity index (χ0) is 12.5. The van der Waals surface area contributed by atoms with E-state index in [0.717, 1.165) is 38.5 Å². The van der Waals surface area contributed by atoms with Gasteiger partial charge in [-0.05, 0) is 50.9 Å². The Morgan fingerprint density at radius 2 is 1.88 bits per heavy atom. The molecule has 0 bridgehead atoms. The summed E-state index contributed by atoms with van der Waals surface area (Å²) in [7, 11) is 0. The highest BCUT2D eigenvalue weighted by molar-refractivity contribution is 5.81. The van der Waals surface area contributed by atoms with Gasteiger partial charge in [0.05, 0.1) is 5.41 Å². The summed E-state index contributed by atoms with van der Waals surface area (Å²) in [6, 6.07) is 0. The van der Waals surface area contributed by atoms with Crippen LogP contribution in [0.1, 0.15) is 72.1 Å². The summed E-state index contributed by atoms with van der Waals surface area (Å²) < 4.78 is 5.96. The normalized spacial score (nSPS) is 34.6. The van der Waals surface area contributed by atoms with E-state index in [1.54, 1.807) is 0 Å². The zero-order valence-corrected chi connectivity index (χ0v) is 11.6. The van der Waals surface area contributed by atoms with Gasteiger partial charge in [-0.2, -0.15) is 0 Å². The third-order valence-electron chi connectivity index (χ3n) is 5.02. The SMILES string of the molecule is CCCC1(C(=O)OC2(CC)CCCC2)CC1C. The summed E-state index contributed by atoms with van der Waals surface area (Å²) in [5.74, 6) is 0.640. The average molecular weight is 238 g/mol. The zero-order valence-electron chi connectivity index (χ0n) is 11.6. The predicted octanol–water partition coefficient (Wildman–Crippen LogP) is 4.08. The highest BCUT2D eigenvalue weighted by Crippen LogP contribution is 2.57. The molecule has 2 heteroatoms. The highest BCUT2D eigenvalue weighted by Gasteiger charge is 2.58. The van der Waals surface area contributed by atoms with Crippen LogP contribution in [0.2, 0.25) is 0 Å². The number of ether oxygens (including phenoxy) is 1. The quantitative estimate of drug-likeness (QED) is 0.675. The Kier molecular flexibility index (Phi) is 3.51. The first-order valence-electron chi connectivity index (χ1n) is 7.32. The molecule has 2 aliphatic carbocycles. The first-order chi connectivity index (χ1) is 8.08. The lowest BCUT2D eigenvalue weighted by molar-refractivity contribution is -0.167. The van der Waals surface area contributed by atoms with Crippen molar-refractivity contribution in [2.24, 2.45) is 11.3 Å². The van der Waals surface area contributed by atoms with Crippen LogP contribution >= 0.6 is 0 Å². The van der Waals surface area contributed by atoms with E-state index < -0.39 is 0 Å². The van der Waals surface area contributed by atoms with Crippen molar-refractivity contribution < 1.29 is 9.53 Å². The van der Waals surface area contributed by atoms with Gasteiger partial charge in [0.15, 0.2) is 0 Å². The second-order valence-corrected chi connectivity index (χ2v) is 6.14. The Morgan fingerprint density at radius 3 is 2.29 bits per heavy atom. The van der Waals surface area contributed by atoms with Crippen LogP contribution in [-0.4, -0.2) is 11.6 Å². The lowest BCUT2D eigenvalue weighted by Gasteiger charge is -2.30.